The average Bonchev–Trinajstić information content (AvgIpc) is 2.93. The van der Waals surface area contributed by atoms with Gasteiger partial charge in [-0.05, 0) is 31.0 Å². The first kappa shape index (κ1) is 14.0. The summed E-state index contributed by atoms with van der Waals surface area (Å²) < 4.78 is 0. The number of hydrogen-bond acceptors (Lipinski definition) is 4. The zero-order chi connectivity index (χ0) is 13.5. The minimum Gasteiger partial charge on any atom is -0.370 e. The molecular formula is C15H21N3S. The minimum atomic E-state index is 0.904. The number of nitrogens with zero attached hydrogens (tertiary/aromatic N) is 2. The Kier molecular flexibility index (Phi) is 5.36. The maximum Gasteiger partial charge on any atom is 0.130 e. The molecule has 0 atom stereocenters. The third kappa shape index (κ3) is 4.04. The summed E-state index contributed by atoms with van der Waals surface area (Å²) in [6.45, 7) is 8.19. The Morgan fingerprint density at radius 3 is 2.79 bits per heavy atom. The topological polar surface area (TPSA) is 28.2 Å². The van der Waals surface area contributed by atoms with Crippen molar-refractivity contribution < 1.29 is 0 Å². The molecule has 4 heteroatoms. The summed E-state index contributed by atoms with van der Waals surface area (Å²) in [4.78, 5) is 8.26. The van der Waals surface area contributed by atoms with Crippen LogP contribution in [0, 0.1) is 0 Å². The number of hydrogen-bond donors (Lipinski definition) is 1. The molecule has 19 heavy (non-hydrogen) atoms. The molecule has 0 fully saturated rings. The summed E-state index contributed by atoms with van der Waals surface area (Å²) >= 11 is 1.82. The van der Waals surface area contributed by atoms with Crippen LogP contribution in [0.5, 0.6) is 0 Å². The van der Waals surface area contributed by atoms with Crippen LogP contribution in [0.15, 0.2) is 35.8 Å². The maximum atomic E-state index is 4.42. The molecule has 0 aromatic carbocycles. The molecule has 0 amide bonds. The van der Waals surface area contributed by atoms with E-state index in [2.05, 4.69) is 52.6 Å². The van der Waals surface area contributed by atoms with Crippen molar-refractivity contribution >= 4 is 17.2 Å². The van der Waals surface area contributed by atoms with Crippen LogP contribution in [-0.2, 0) is 13.1 Å². The Morgan fingerprint density at radius 2 is 2.11 bits per heavy atom. The largest absolute Gasteiger partial charge is 0.370 e. The Morgan fingerprint density at radius 1 is 1.21 bits per heavy atom. The molecule has 0 aliphatic carbocycles. The fourth-order valence-corrected chi connectivity index (χ4v) is 2.78. The monoisotopic (exact) mass is 275 g/mol. The molecule has 0 saturated heterocycles. The highest BCUT2D eigenvalue weighted by Crippen LogP contribution is 2.17. The molecular weight excluding hydrogens is 254 g/mol. The van der Waals surface area contributed by atoms with Crippen LogP contribution >= 0.6 is 11.3 Å². The average molecular weight is 275 g/mol. The summed E-state index contributed by atoms with van der Waals surface area (Å²) in [5.74, 6) is 1.01. The smallest absolute Gasteiger partial charge is 0.130 e. The second-order valence-corrected chi connectivity index (χ2v) is 5.46. The van der Waals surface area contributed by atoms with Gasteiger partial charge in [-0.15, -0.1) is 11.3 Å². The van der Waals surface area contributed by atoms with E-state index in [0.717, 1.165) is 32.0 Å². The summed E-state index contributed by atoms with van der Waals surface area (Å²) in [6, 6.07) is 8.47. The third-order valence-electron chi connectivity index (χ3n) is 3.04. The highest BCUT2D eigenvalue weighted by Gasteiger charge is 2.09. The molecule has 102 valence electrons. The number of anilines is 1. The summed E-state index contributed by atoms with van der Waals surface area (Å²) in [7, 11) is 0. The van der Waals surface area contributed by atoms with Gasteiger partial charge in [0.1, 0.15) is 5.82 Å². The first-order valence-electron chi connectivity index (χ1n) is 6.76. The van der Waals surface area contributed by atoms with Gasteiger partial charge in [0.15, 0.2) is 0 Å². The molecule has 3 nitrogen and oxygen atoms in total. The zero-order valence-corrected chi connectivity index (χ0v) is 12.4. The summed E-state index contributed by atoms with van der Waals surface area (Å²) in [5, 5.41) is 5.47. The molecule has 0 unspecified atom stereocenters. The second kappa shape index (κ2) is 7.26. The van der Waals surface area contributed by atoms with Crippen molar-refractivity contribution in [3.63, 3.8) is 0 Å². The van der Waals surface area contributed by atoms with Gasteiger partial charge in [-0.3, -0.25) is 4.90 Å². The molecule has 0 bridgehead atoms. The van der Waals surface area contributed by atoms with E-state index in [1.807, 2.05) is 23.6 Å². The minimum absolute atomic E-state index is 0.904. The highest BCUT2D eigenvalue weighted by atomic mass is 32.1. The van der Waals surface area contributed by atoms with Crippen LogP contribution in [-0.4, -0.2) is 23.0 Å². The molecule has 0 spiro atoms. The van der Waals surface area contributed by atoms with Crippen LogP contribution in [0.1, 0.15) is 24.3 Å². The second-order valence-electron chi connectivity index (χ2n) is 4.42. The van der Waals surface area contributed by atoms with Gasteiger partial charge in [-0.25, -0.2) is 4.98 Å². The van der Waals surface area contributed by atoms with E-state index in [1.165, 1.54) is 10.4 Å². The van der Waals surface area contributed by atoms with Gasteiger partial charge in [-0.1, -0.05) is 19.1 Å². The van der Waals surface area contributed by atoms with Gasteiger partial charge in [0.05, 0.1) is 0 Å². The van der Waals surface area contributed by atoms with E-state index < -0.39 is 0 Å². The van der Waals surface area contributed by atoms with E-state index in [-0.39, 0.29) is 0 Å². The normalized spacial score (nSPS) is 10.9. The predicted molar refractivity (Wildman–Crippen MR) is 82.5 cm³/mol. The highest BCUT2D eigenvalue weighted by molar-refractivity contribution is 7.09. The molecule has 0 radical (unpaired) electrons. The molecule has 1 N–H and O–H groups in total. The molecule has 2 rings (SSSR count). The van der Waals surface area contributed by atoms with Crippen LogP contribution in [0.2, 0.25) is 0 Å². The number of rotatable bonds is 7. The fraction of sp³-hybridized carbons (Fsp3) is 0.400. The lowest BCUT2D eigenvalue weighted by atomic mass is 10.2. The van der Waals surface area contributed by atoms with Crippen molar-refractivity contribution in [2.75, 3.05) is 18.4 Å². The Labute approximate surface area is 119 Å². The third-order valence-corrected chi connectivity index (χ3v) is 3.90. The van der Waals surface area contributed by atoms with Gasteiger partial charge in [0.25, 0.3) is 0 Å². The van der Waals surface area contributed by atoms with E-state index in [4.69, 9.17) is 0 Å². The number of aromatic nitrogens is 1. The molecule has 2 heterocycles. The number of nitrogens with one attached hydrogen (secondary N) is 1. The molecule has 0 aliphatic heterocycles. The van der Waals surface area contributed by atoms with Crippen LogP contribution in [0.25, 0.3) is 0 Å². The molecule has 0 aliphatic rings. The van der Waals surface area contributed by atoms with Crippen molar-refractivity contribution in [1.29, 1.82) is 0 Å². The van der Waals surface area contributed by atoms with Gasteiger partial charge >= 0.3 is 0 Å². The van der Waals surface area contributed by atoms with E-state index in [9.17, 15) is 0 Å². The van der Waals surface area contributed by atoms with Gasteiger partial charge in [-0.2, -0.15) is 0 Å². The van der Waals surface area contributed by atoms with E-state index in [1.54, 1.807) is 0 Å². The number of pyridine rings is 1. The maximum absolute atomic E-state index is 4.42. The first-order chi connectivity index (χ1) is 9.33. The number of thiophene rings is 1. The standard InChI is InChI=1S/C15H21N3S/c1-3-16-15-13(7-5-9-17-15)11-18(4-2)12-14-8-6-10-19-14/h5-10H,3-4,11-12H2,1-2H3,(H,16,17). The van der Waals surface area contributed by atoms with Gasteiger partial charge in [0, 0.05) is 36.3 Å². The lowest BCUT2D eigenvalue weighted by Crippen LogP contribution is -2.22. The predicted octanol–water partition coefficient (Wildman–Crippen LogP) is 3.60. The first-order valence-corrected chi connectivity index (χ1v) is 7.64. The zero-order valence-electron chi connectivity index (χ0n) is 11.6. The lowest BCUT2D eigenvalue weighted by Gasteiger charge is -2.21. The van der Waals surface area contributed by atoms with Crippen LogP contribution in [0.3, 0.4) is 0 Å². The summed E-state index contributed by atoms with van der Waals surface area (Å²) in [6.07, 6.45) is 1.84. The fourth-order valence-electron chi connectivity index (χ4n) is 2.04. The molecule has 0 saturated carbocycles. The van der Waals surface area contributed by atoms with Gasteiger partial charge in [0.2, 0.25) is 0 Å². The van der Waals surface area contributed by atoms with Crippen molar-refractivity contribution in [2.24, 2.45) is 0 Å². The summed E-state index contributed by atoms with van der Waals surface area (Å²) in [5.41, 5.74) is 1.27. The van der Waals surface area contributed by atoms with Crippen molar-refractivity contribution in [3.05, 3.63) is 46.3 Å². The van der Waals surface area contributed by atoms with Crippen molar-refractivity contribution in [3.8, 4) is 0 Å². The quantitative estimate of drug-likeness (QED) is 0.837. The molecule has 2 aromatic rings. The lowest BCUT2D eigenvalue weighted by molar-refractivity contribution is 0.274. The van der Waals surface area contributed by atoms with Crippen LogP contribution in [0.4, 0.5) is 5.82 Å². The van der Waals surface area contributed by atoms with Crippen LogP contribution < -0.4 is 5.32 Å². The van der Waals surface area contributed by atoms with Crippen molar-refractivity contribution in [2.45, 2.75) is 26.9 Å². The Balaban J connectivity index is 2.05. The molecule has 2 aromatic heterocycles. The SMILES string of the molecule is CCNc1ncccc1CN(CC)Cc1cccs1. The Hall–Kier alpha value is -1.39. The van der Waals surface area contributed by atoms with Gasteiger partial charge < -0.3 is 5.32 Å². The van der Waals surface area contributed by atoms with E-state index in [0.29, 0.717) is 0 Å². The van der Waals surface area contributed by atoms with E-state index >= 15 is 0 Å². The van der Waals surface area contributed by atoms with Crippen molar-refractivity contribution in [1.82, 2.24) is 9.88 Å². The Bertz CT molecular complexity index is 482.